The van der Waals surface area contributed by atoms with Crippen molar-refractivity contribution in [3.63, 3.8) is 0 Å². The Hall–Kier alpha value is -1.97. The molecule has 1 aromatic carbocycles. The lowest BCUT2D eigenvalue weighted by molar-refractivity contribution is 0.793. The van der Waals surface area contributed by atoms with E-state index in [1.54, 1.807) is 4.68 Å². The third kappa shape index (κ3) is 1.61. The van der Waals surface area contributed by atoms with E-state index in [1.165, 1.54) is 12.5 Å². The van der Waals surface area contributed by atoms with Crippen LogP contribution in [-0.4, -0.2) is 14.8 Å². The summed E-state index contributed by atoms with van der Waals surface area (Å²) >= 11 is 0. The van der Waals surface area contributed by atoms with Crippen LogP contribution in [0.5, 0.6) is 0 Å². The van der Waals surface area contributed by atoms with Gasteiger partial charge in [-0.15, -0.1) is 0 Å². The fourth-order valence-electron chi connectivity index (χ4n) is 1.00. The molecule has 2 aromatic rings. The highest BCUT2D eigenvalue weighted by molar-refractivity contribution is 5.28. The number of hydrogen-bond donors (Lipinski definition) is 0. The Balaban J connectivity index is 2.48. The molecule has 0 aliphatic heterocycles. The van der Waals surface area contributed by atoms with Gasteiger partial charge in [-0.2, -0.15) is 10.1 Å². The molecular formula is C9H7N3O. The minimum Gasteiger partial charge on any atom is -0.266 e. The first-order chi connectivity index (χ1) is 6.36. The smallest absolute Gasteiger partial charge is 0.266 e. The summed E-state index contributed by atoms with van der Waals surface area (Å²) in [5.41, 5.74) is 0.558. The number of nitrogens with zero attached hydrogens (tertiary/aromatic N) is 3. The summed E-state index contributed by atoms with van der Waals surface area (Å²) in [5, 5.41) is 3.89. The van der Waals surface area contributed by atoms with Gasteiger partial charge in [0.2, 0.25) is 0 Å². The second-order valence-corrected chi connectivity index (χ2v) is 2.51. The molecule has 2 rings (SSSR count). The van der Waals surface area contributed by atoms with Crippen LogP contribution >= 0.6 is 0 Å². The molecule has 13 heavy (non-hydrogen) atoms. The summed E-state index contributed by atoms with van der Waals surface area (Å²) in [6.07, 6.45) is 2.59. The van der Waals surface area contributed by atoms with Crippen molar-refractivity contribution in [1.82, 2.24) is 14.8 Å². The van der Waals surface area contributed by atoms with Crippen molar-refractivity contribution in [2.24, 2.45) is 0 Å². The molecule has 1 heterocycles. The van der Waals surface area contributed by atoms with E-state index >= 15 is 0 Å². The maximum Gasteiger partial charge on any atom is 0.291 e. The van der Waals surface area contributed by atoms with Crippen molar-refractivity contribution in [2.45, 2.75) is 0 Å². The Kier molecular flexibility index (Phi) is 1.88. The maximum absolute atomic E-state index is 10.7. The summed E-state index contributed by atoms with van der Waals surface area (Å²) in [5.74, 6) is 0. The van der Waals surface area contributed by atoms with Gasteiger partial charge >= 0.3 is 0 Å². The van der Waals surface area contributed by atoms with E-state index in [-0.39, 0.29) is 5.56 Å². The lowest BCUT2D eigenvalue weighted by atomic mass is 10.3. The molecule has 0 spiro atoms. The van der Waals surface area contributed by atoms with E-state index in [0.717, 1.165) is 5.69 Å². The van der Waals surface area contributed by atoms with Gasteiger partial charge in [-0.1, -0.05) is 18.2 Å². The minimum atomic E-state index is -0.327. The molecule has 0 amide bonds. The molecule has 0 aliphatic carbocycles. The molecular weight excluding hydrogens is 166 g/mol. The second-order valence-electron chi connectivity index (χ2n) is 2.51. The van der Waals surface area contributed by atoms with Gasteiger partial charge in [-0.3, -0.25) is 4.79 Å². The third-order valence-corrected chi connectivity index (χ3v) is 1.61. The molecule has 0 saturated heterocycles. The molecule has 0 saturated carbocycles. The fraction of sp³-hybridized carbons (Fsp3) is 0. The minimum absolute atomic E-state index is 0.327. The summed E-state index contributed by atoms with van der Waals surface area (Å²) in [6, 6.07) is 9.49. The van der Waals surface area contributed by atoms with Crippen LogP contribution in [-0.2, 0) is 0 Å². The maximum atomic E-state index is 10.7. The largest absolute Gasteiger partial charge is 0.291 e. The standard InChI is InChI=1S/C9H7N3O/c13-9-6-11-12(7-10-9)8-4-2-1-3-5-8/h1-7H. The van der Waals surface area contributed by atoms with E-state index in [9.17, 15) is 4.79 Å². The van der Waals surface area contributed by atoms with Gasteiger partial charge in [0, 0.05) is 0 Å². The van der Waals surface area contributed by atoms with E-state index in [0.29, 0.717) is 0 Å². The molecule has 64 valence electrons. The topological polar surface area (TPSA) is 47.8 Å². The summed E-state index contributed by atoms with van der Waals surface area (Å²) in [4.78, 5) is 14.3. The summed E-state index contributed by atoms with van der Waals surface area (Å²) in [7, 11) is 0. The first kappa shape index (κ1) is 7.67. The van der Waals surface area contributed by atoms with Crippen LogP contribution in [0.4, 0.5) is 0 Å². The molecule has 0 N–H and O–H groups in total. The van der Waals surface area contributed by atoms with Crippen LogP contribution in [0.2, 0.25) is 0 Å². The van der Waals surface area contributed by atoms with Gasteiger partial charge in [0.1, 0.15) is 12.5 Å². The molecule has 1 aromatic heterocycles. The van der Waals surface area contributed by atoms with Gasteiger partial charge in [0.25, 0.3) is 5.56 Å². The normalized spacial score (nSPS) is 9.85. The number of aromatic nitrogens is 3. The second kappa shape index (κ2) is 3.18. The average Bonchev–Trinajstić information content (AvgIpc) is 2.20. The summed E-state index contributed by atoms with van der Waals surface area (Å²) in [6.45, 7) is 0. The first-order valence-corrected chi connectivity index (χ1v) is 3.83. The van der Waals surface area contributed by atoms with Gasteiger partial charge < -0.3 is 0 Å². The van der Waals surface area contributed by atoms with E-state index in [4.69, 9.17) is 0 Å². The van der Waals surface area contributed by atoms with Crippen LogP contribution < -0.4 is 5.56 Å². The van der Waals surface area contributed by atoms with Gasteiger partial charge in [-0.25, -0.2) is 4.68 Å². The Morgan fingerprint density at radius 2 is 1.92 bits per heavy atom. The Labute approximate surface area is 74.5 Å². The highest BCUT2D eigenvalue weighted by Crippen LogP contribution is 2.01. The Bertz CT molecular complexity index is 429. The number of rotatable bonds is 1. The first-order valence-electron chi connectivity index (χ1n) is 3.83. The van der Waals surface area contributed by atoms with Crippen molar-refractivity contribution >= 4 is 0 Å². The quantitative estimate of drug-likeness (QED) is 0.635. The number of hydrogen-bond acceptors (Lipinski definition) is 3. The zero-order valence-corrected chi connectivity index (χ0v) is 6.79. The monoisotopic (exact) mass is 173 g/mol. The Morgan fingerprint density at radius 3 is 2.54 bits per heavy atom. The molecule has 0 fully saturated rings. The zero-order valence-electron chi connectivity index (χ0n) is 6.79. The summed E-state index contributed by atoms with van der Waals surface area (Å²) < 4.78 is 1.54. The van der Waals surface area contributed by atoms with E-state index in [1.807, 2.05) is 30.3 Å². The number of para-hydroxylation sites is 1. The van der Waals surface area contributed by atoms with Crippen LogP contribution in [0.3, 0.4) is 0 Å². The molecule has 0 atom stereocenters. The zero-order chi connectivity index (χ0) is 9.10. The fourth-order valence-corrected chi connectivity index (χ4v) is 1.00. The van der Waals surface area contributed by atoms with Gasteiger partial charge in [0.05, 0.1) is 5.69 Å². The average molecular weight is 173 g/mol. The molecule has 4 heteroatoms. The SMILES string of the molecule is O=c1cnn(-c2ccccc2)cn1. The Morgan fingerprint density at radius 1 is 1.15 bits per heavy atom. The predicted molar refractivity (Wildman–Crippen MR) is 47.6 cm³/mol. The van der Waals surface area contributed by atoms with Crippen molar-refractivity contribution in [3.05, 3.63) is 53.2 Å². The van der Waals surface area contributed by atoms with Crippen LogP contribution in [0, 0.1) is 0 Å². The van der Waals surface area contributed by atoms with Crippen molar-refractivity contribution in [1.29, 1.82) is 0 Å². The van der Waals surface area contributed by atoms with Crippen LogP contribution in [0.25, 0.3) is 5.69 Å². The van der Waals surface area contributed by atoms with Crippen molar-refractivity contribution < 1.29 is 0 Å². The van der Waals surface area contributed by atoms with Crippen LogP contribution in [0.1, 0.15) is 0 Å². The van der Waals surface area contributed by atoms with Gasteiger partial charge in [-0.05, 0) is 12.1 Å². The molecule has 0 unspecified atom stereocenters. The van der Waals surface area contributed by atoms with Gasteiger partial charge in [0.15, 0.2) is 0 Å². The highest BCUT2D eigenvalue weighted by atomic mass is 16.1. The third-order valence-electron chi connectivity index (χ3n) is 1.61. The van der Waals surface area contributed by atoms with E-state index in [2.05, 4.69) is 10.1 Å². The lowest BCUT2D eigenvalue weighted by Gasteiger charge is -2.01. The van der Waals surface area contributed by atoms with E-state index < -0.39 is 0 Å². The van der Waals surface area contributed by atoms with Crippen molar-refractivity contribution in [2.75, 3.05) is 0 Å². The lowest BCUT2D eigenvalue weighted by Crippen LogP contribution is -2.11. The predicted octanol–water partition coefficient (Wildman–Crippen LogP) is 0.627. The molecule has 0 radical (unpaired) electrons. The van der Waals surface area contributed by atoms with Crippen molar-refractivity contribution in [3.8, 4) is 5.69 Å². The van der Waals surface area contributed by atoms with Crippen LogP contribution in [0.15, 0.2) is 47.7 Å². The number of benzene rings is 1. The molecule has 4 nitrogen and oxygen atoms in total. The molecule has 0 aliphatic rings. The highest BCUT2D eigenvalue weighted by Gasteiger charge is 1.92. The molecule has 0 bridgehead atoms.